The summed E-state index contributed by atoms with van der Waals surface area (Å²) in [6, 6.07) is 13.0. The summed E-state index contributed by atoms with van der Waals surface area (Å²) in [4.78, 5) is 27.0. The van der Waals surface area contributed by atoms with Crippen molar-refractivity contribution >= 4 is 33.6 Å². The van der Waals surface area contributed by atoms with Crippen molar-refractivity contribution in [3.8, 4) is 6.01 Å². The van der Waals surface area contributed by atoms with Gasteiger partial charge in [-0.1, -0.05) is 40.2 Å². The molecule has 0 fully saturated rings. The van der Waals surface area contributed by atoms with Crippen molar-refractivity contribution in [1.29, 1.82) is 0 Å². The number of hydrogen-bond donors (Lipinski definition) is 0. The highest BCUT2D eigenvalue weighted by Gasteiger charge is 2.43. The van der Waals surface area contributed by atoms with Gasteiger partial charge in [-0.2, -0.15) is 4.98 Å². The summed E-state index contributed by atoms with van der Waals surface area (Å²) in [6.07, 6.45) is 0.579. The minimum absolute atomic E-state index is 0.117. The van der Waals surface area contributed by atoms with Crippen LogP contribution in [0.5, 0.6) is 6.01 Å². The van der Waals surface area contributed by atoms with Crippen molar-refractivity contribution in [2.75, 3.05) is 24.6 Å². The first-order valence-corrected chi connectivity index (χ1v) is 12.6. The fraction of sp³-hybridized carbons (Fsp3) is 0.346. The number of rotatable bonds is 7. The van der Waals surface area contributed by atoms with Gasteiger partial charge in [-0.25, -0.2) is 9.38 Å². The molecule has 5 rings (SSSR count). The molecule has 3 aromatic rings. The molecule has 2 aliphatic heterocycles. The molecule has 35 heavy (non-hydrogen) atoms. The van der Waals surface area contributed by atoms with Crippen molar-refractivity contribution in [3.63, 3.8) is 0 Å². The number of amides is 1. The highest BCUT2D eigenvalue weighted by atomic mass is 79.9. The van der Waals surface area contributed by atoms with E-state index in [1.165, 1.54) is 12.1 Å². The Bertz CT molecular complexity index is 1320. The van der Waals surface area contributed by atoms with Crippen LogP contribution in [0.4, 0.5) is 10.2 Å². The molecule has 3 heterocycles. The number of benzene rings is 2. The first-order valence-electron chi connectivity index (χ1n) is 11.8. The van der Waals surface area contributed by atoms with Crippen LogP contribution in [-0.2, 0) is 13.0 Å². The average Bonchev–Trinajstić information content (AvgIpc) is 3.39. The predicted octanol–water partition coefficient (Wildman–Crippen LogP) is 4.80. The smallest absolute Gasteiger partial charge is 0.299 e. The van der Waals surface area contributed by atoms with Gasteiger partial charge < -0.3 is 4.74 Å². The average molecular weight is 540 g/mol. The van der Waals surface area contributed by atoms with E-state index in [1.807, 2.05) is 48.4 Å². The fourth-order valence-electron chi connectivity index (χ4n) is 4.64. The molecule has 1 aromatic heterocycles. The Morgan fingerprint density at radius 1 is 1.17 bits per heavy atom. The van der Waals surface area contributed by atoms with E-state index in [-0.39, 0.29) is 17.8 Å². The molecule has 1 atom stereocenters. The molecule has 0 aliphatic carbocycles. The maximum Gasteiger partial charge on any atom is 0.299 e. The van der Waals surface area contributed by atoms with Gasteiger partial charge in [0.2, 0.25) is 5.96 Å². The van der Waals surface area contributed by atoms with Crippen LogP contribution in [-0.4, -0.2) is 52.1 Å². The number of imidazole rings is 1. The molecule has 0 saturated carbocycles. The number of ether oxygens (including phenoxy) is 1. The van der Waals surface area contributed by atoms with Crippen molar-refractivity contribution in [2.24, 2.45) is 4.99 Å². The number of aryl methyl sites for hydroxylation is 1. The molecule has 1 amide bonds. The van der Waals surface area contributed by atoms with Crippen molar-refractivity contribution in [3.05, 3.63) is 75.1 Å². The summed E-state index contributed by atoms with van der Waals surface area (Å²) in [6.45, 7) is 7.79. The number of guanidine groups is 1. The monoisotopic (exact) mass is 539 g/mol. The lowest BCUT2D eigenvalue weighted by Gasteiger charge is -2.32. The van der Waals surface area contributed by atoms with Crippen LogP contribution < -0.4 is 9.64 Å². The van der Waals surface area contributed by atoms with Crippen LogP contribution in [0, 0.1) is 12.7 Å². The lowest BCUT2D eigenvalue weighted by atomic mass is 10.1. The third kappa shape index (κ3) is 4.33. The normalized spacial score (nSPS) is 16.9. The van der Waals surface area contributed by atoms with Gasteiger partial charge >= 0.3 is 0 Å². The van der Waals surface area contributed by atoms with Gasteiger partial charge in [-0.05, 0) is 62.1 Å². The first-order chi connectivity index (χ1) is 16.9. The van der Waals surface area contributed by atoms with Crippen LogP contribution in [0.2, 0.25) is 0 Å². The number of aromatic nitrogens is 2. The van der Waals surface area contributed by atoms with Gasteiger partial charge in [0.05, 0.1) is 25.7 Å². The zero-order valence-corrected chi connectivity index (χ0v) is 21.5. The van der Waals surface area contributed by atoms with E-state index in [0.717, 1.165) is 21.2 Å². The molecular weight excluding hydrogens is 513 g/mol. The largest absolute Gasteiger partial charge is 0.465 e. The molecule has 9 heteroatoms. The van der Waals surface area contributed by atoms with Gasteiger partial charge in [0.1, 0.15) is 5.82 Å². The fourth-order valence-corrected chi connectivity index (χ4v) is 5.06. The number of carbonyl (C=O) groups is 1. The van der Waals surface area contributed by atoms with E-state index < -0.39 is 0 Å². The molecule has 0 radical (unpaired) electrons. The number of halogens is 2. The topological polar surface area (TPSA) is 63.0 Å². The van der Waals surface area contributed by atoms with E-state index in [9.17, 15) is 9.18 Å². The van der Waals surface area contributed by atoms with E-state index in [1.54, 1.807) is 11.0 Å². The van der Waals surface area contributed by atoms with Gasteiger partial charge in [-0.3, -0.25) is 19.2 Å². The zero-order chi connectivity index (χ0) is 24.7. The van der Waals surface area contributed by atoms with Crippen LogP contribution in [0.3, 0.4) is 0 Å². The maximum atomic E-state index is 13.7. The van der Waals surface area contributed by atoms with Crippen molar-refractivity contribution in [1.82, 2.24) is 14.5 Å². The summed E-state index contributed by atoms with van der Waals surface area (Å²) < 4.78 is 22.5. The molecule has 2 aromatic carbocycles. The molecular formula is C26H27BrFN5O2. The molecule has 7 nitrogen and oxygen atoms in total. The standard InChI is InChI=1S/C26H27BrFN5O2/c1-4-31-24(34)22-23(33-15-20(29-25(31)33)12-17-7-6-8-19(28)11-17)30-26(35-5-2)32(22)14-18-10-9-16(3)21(27)13-18/h6-11,13,20H,4-5,12,14-15H2,1-3H3/t20-/m1/s1. The van der Waals surface area contributed by atoms with Gasteiger partial charge in [-0.15, -0.1) is 0 Å². The zero-order valence-electron chi connectivity index (χ0n) is 20.0. The second-order valence-corrected chi connectivity index (χ2v) is 9.60. The van der Waals surface area contributed by atoms with Crippen molar-refractivity contribution < 1.29 is 13.9 Å². The number of carbonyl (C=O) groups excluding carboxylic acids is 1. The molecule has 2 aliphatic rings. The third-order valence-electron chi connectivity index (χ3n) is 6.32. The SMILES string of the molecule is CCOc1nc2c(n1Cc1ccc(C)c(Br)c1)C(=O)N(CC)C1=N[C@H](Cc3cccc(F)c3)CN12. The lowest BCUT2D eigenvalue weighted by Crippen LogP contribution is -2.50. The van der Waals surface area contributed by atoms with E-state index in [2.05, 4.69) is 22.0 Å². The van der Waals surface area contributed by atoms with Gasteiger partial charge in [0.15, 0.2) is 11.5 Å². The number of hydrogen-bond acceptors (Lipinski definition) is 5. The third-order valence-corrected chi connectivity index (χ3v) is 7.17. The van der Waals surface area contributed by atoms with Crippen LogP contribution >= 0.6 is 15.9 Å². The first kappa shape index (κ1) is 23.5. The summed E-state index contributed by atoms with van der Waals surface area (Å²) >= 11 is 3.60. The summed E-state index contributed by atoms with van der Waals surface area (Å²) in [5.41, 5.74) is 3.54. The predicted molar refractivity (Wildman–Crippen MR) is 137 cm³/mol. The Balaban J connectivity index is 1.53. The van der Waals surface area contributed by atoms with Gasteiger partial charge in [0, 0.05) is 11.0 Å². The number of fused-ring (bicyclic) bond motifs is 3. The highest BCUT2D eigenvalue weighted by molar-refractivity contribution is 9.10. The number of anilines is 1. The number of aliphatic imine (C=N–C) groups is 1. The highest BCUT2D eigenvalue weighted by Crippen LogP contribution is 2.36. The Labute approximate surface area is 212 Å². The maximum absolute atomic E-state index is 13.7. The van der Waals surface area contributed by atoms with E-state index in [0.29, 0.717) is 56.1 Å². The summed E-state index contributed by atoms with van der Waals surface area (Å²) in [7, 11) is 0. The number of nitrogens with zero attached hydrogens (tertiary/aromatic N) is 5. The Morgan fingerprint density at radius 3 is 2.71 bits per heavy atom. The second kappa shape index (κ2) is 9.45. The Hall–Kier alpha value is -3.20. The Kier molecular flexibility index (Phi) is 6.35. The Morgan fingerprint density at radius 2 is 2.00 bits per heavy atom. The molecule has 0 N–H and O–H groups in total. The molecule has 182 valence electrons. The minimum Gasteiger partial charge on any atom is -0.465 e. The summed E-state index contributed by atoms with van der Waals surface area (Å²) in [5.74, 6) is 0.752. The summed E-state index contributed by atoms with van der Waals surface area (Å²) in [5, 5.41) is 0. The van der Waals surface area contributed by atoms with E-state index >= 15 is 0 Å². The van der Waals surface area contributed by atoms with Crippen LogP contribution in [0.25, 0.3) is 0 Å². The molecule has 0 saturated heterocycles. The lowest BCUT2D eigenvalue weighted by molar-refractivity contribution is 0.0835. The van der Waals surface area contributed by atoms with Crippen LogP contribution in [0.1, 0.15) is 41.0 Å². The van der Waals surface area contributed by atoms with E-state index in [4.69, 9.17) is 14.7 Å². The quantitative estimate of drug-likeness (QED) is 0.432. The molecule has 0 spiro atoms. The molecule has 0 unspecified atom stereocenters. The molecule has 0 bridgehead atoms. The van der Waals surface area contributed by atoms with Crippen molar-refractivity contribution in [2.45, 2.75) is 39.8 Å². The second-order valence-electron chi connectivity index (χ2n) is 8.75. The van der Waals surface area contributed by atoms with Gasteiger partial charge in [0.25, 0.3) is 11.9 Å². The minimum atomic E-state index is -0.263. The van der Waals surface area contributed by atoms with Crippen LogP contribution in [0.15, 0.2) is 51.9 Å².